The maximum Gasteiger partial charge on any atom is 0.307 e. The van der Waals surface area contributed by atoms with Crippen LogP contribution in [0.15, 0.2) is 29.2 Å². The number of carboxylic acid groups (broad SMARTS) is 1. The number of thioether (sulfide) groups is 1. The van der Waals surface area contributed by atoms with Crippen LogP contribution in [0, 0.1) is 33.8 Å². The number of nitrogens with zero attached hydrogens (tertiary/aromatic N) is 3. The van der Waals surface area contributed by atoms with Gasteiger partial charge in [-0.3, -0.25) is 34.9 Å². The zero-order chi connectivity index (χ0) is 29.0. The van der Waals surface area contributed by atoms with Crippen molar-refractivity contribution in [3.63, 3.8) is 0 Å². The number of aliphatic carboxylic acids is 1. The van der Waals surface area contributed by atoms with E-state index in [1.54, 1.807) is 19.0 Å². The molecule has 1 amide bonds. The van der Waals surface area contributed by atoms with Gasteiger partial charge in [-0.1, -0.05) is 31.7 Å². The minimum Gasteiger partial charge on any atom is -0.502 e. The lowest BCUT2D eigenvalue weighted by Gasteiger charge is -2.53. The molecular weight excluding hydrogens is 532 g/mol. The Morgan fingerprint density at radius 2 is 1.90 bits per heavy atom. The quantitative estimate of drug-likeness (QED) is 0.323. The molecule has 4 rings (SSSR count). The summed E-state index contributed by atoms with van der Waals surface area (Å²) in [5.74, 6) is -4.87. The summed E-state index contributed by atoms with van der Waals surface area (Å²) in [7, 11) is 1.63. The van der Waals surface area contributed by atoms with Crippen LogP contribution >= 0.6 is 11.8 Å². The van der Waals surface area contributed by atoms with Crippen molar-refractivity contribution in [2.75, 3.05) is 18.6 Å². The van der Waals surface area contributed by atoms with Gasteiger partial charge >= 0.3 is 5.97 Å². The van der Waals surface area contributed by atoms with Gasteiger partial charge in [0.25, 0.3) is 5.91 Å². The number of carbonyl (C=O) groups excluding carboxylic acids is 1. The Bertz CT molecular complexity index is 1480. The number of hydrogen-bond acceptors (Lipinski definition) is 8. The Labute approximate surface area is 227 Å². The molecule has 2 aliphatic rings. The SMILES string of the molecule is CCN1C(=O)c2c(O)c(=O)c(C(=N)SC(=N)Cc3ccc(F)cc3F)cn2N(C)C12CC(C(=O)O)C(C)(C)C2. The van der Waals surface area contributed by atoms with Gasteiger partial charge in [-0.15, -0.1) is 0 Å². The fraction of sp³-hybridized carbons (Fsp3) is 0.423. The summed E-state index contributed by atoms with van der Waals surface area (Å²) >= 11 is 0.559. The number of aromatic hydroxyl groups is 1. The molecule has 1 aliphatic heterocycles. The van der Waals surface area contributed by atoms with Crippen molar-refractivity contribution in [1.29, 1.82) is 10.8 Å². The first-order chi connectivity index (χ1) is 18.1. The van der Waals surface area contributed by atoms with E-state index in [4.69, 9.17) is 10.8 Å². The predicted octanol–water partition coefficient (Wildman–Crippen LogP) is 3.37. The van der Waals surface area contributed by atoms with Crippen LogP contribution in [-0.4, -0.2) is 61.0 Å². The Morgan fingerprint density at radius 3 is 2.46 bits per heavy atom. The summed E-state index contributed by atoms with van der Waals surface area (Å²) in [6.45, 7) is 5.57. The van der Waals surface area contributed by atoms with Crippen LogP contribution in [-0.2, 0) is 11.2 Å². The van der Waals surface area contributed by atoms with Gasteiger partial charge in [-0.25, -0.2) is 8.78 Å². The molecule has 2 aromatic rings. The van der Waals surface area contributed by atoms with Crippen molar-refractivity contribution >= 4 is 33.7 Å². The molecule has 1 aromatic heterocycles. The minimum atomic E-state index is -1.08. The first-order valence-electron chi connectivity index (χ1n) is 12.2. The molecule has 1 spiro atoms. The van der Waals surface area contributed by atoms with E-state index in [-0.39, 0.29) is 41.3 Å². The summed E-state index contributed by atoms with van der Waals surface area (Å²) in [5.41, 5.74) is -3.30. The lowest BCUT2D eigenvalue weighted by molar-refractivity contribution is -0.144. The highest BCUT2D eigenvalue weighted by Gasteiger charge is 2.61. The second-order valence-corrected chi connectivity index (χ2v) is 11.6. The van der Waals surface area contributed by atoms with Gasteiger partial charge in [0.1, 0.15) is 22.3 Å². The fourth-order valence-corrected chi connectivity index (χ4v) is 6.50. The normalized spacial score (nSPS) is 21.8. The van der Waals surface area contributed by atoms with Crippen molar-refractivity contribution in [3.05, 3.63) is 63.1 Å². The molecular formula is C26H29F2N5O5S. The average molecular weight is 562 g/mol. The van der Waals surface area contributed by atoms with Crippen LogP contribution in [0.4, 0.5) is 8.78 Å². The minimum absolute atomic E-state index is 0.0375. The maximum absolute atomic E-state index is 14.0. The van der Waals surface area contributed by atoms with E-state index in [2.05, 4.69) is 0 Å². The number of pyridine rings is 1. The second kappa shape index (κ2) is 9.78. The smallest absolute Gasteiger partial charge is 0.307 e. The van der Waals surface area contributed by atoms with Crippen molar-refractivity contribution in [2.45, 2.75) is 45.7 Å². The molecule has 1 aliphatic carbocycles. The molecule has 208 valence electrons. The number of fused-ring (bicyclic) bond motifs is 1. The highest BCUT2D eigenvalue weighted by Crippen LogP contribution is 2.53. The van der Waals surface area contributed by atoms with Crippen LogP contribution in [0.2, 0.25) is 0 Å². The summed E-state index contributed by atoms with van der Waals surface area (Å²) in [6, 6.07) is 2.93. The first-order valence-corrected chi connectivity index (χ1v) is 13.0. The number of nitrogens with one attached hydrogen (secondary N) is 2. The predicted molar refractivity (Wildman–Crippen MR) is 142 cm³/mol. The van der Waals surface area contributed by atoms with Gasteiger partial charge in [0, 0.05) is 38.7 Å². The number of carboxylic acids is 1. The van der Waals surface area contributed by atoms with Crippen LogP contribution in [0.3, 0.4) is 0 Å². The van der Waals surface area contributed by atoms with Crippen molar-refractivity contribution in [3.8, 4) is 5.75 Å². The van der Waals surface area contributed by atoms with E-state index in [1.807, 2.05) is 13.8 Å². The lowest BCUT2D eigenvalue weighted by Crippen LogP contribution is -2.68. The zero-order valence-electron chi connectivity index (χ0n) is 21.8. The Hall–Kier alpha value is -3.74. The van der Waals surface area contributed by atoms with Crippen LogP contribution in [0.1, 0.15) is 55.2 Å². The number of aromatic nitrogens is 1. The molecule has 1 fully saturated rings. The van der Waals surface area contributed by atoms with Gasteiger partial charge in [-0.2, -0.15) is 0 Å². The molecule has 1 aromatic carbocycles. The maximum atomic E-state index is 14.0. The van der Waals surface area contributed by atoms with E-state index in [9.17, 15) is 33.4 Å². The zero-order valence-corrected chi connectivity index (χ0v) is 22.7. The molecule has 0 radical (unpaired) electrons. The molecule has 4 N–H and O–H groups in total. The molecule has 10 nitrogen and oxygen atoms in total. The van der Waals surface area contributed by atoms with Gasteiger partial charge in [0.05, 0.1) is 16.5 Å². The third-order valence-corrected chi connectivity index (χ3v) is 8.52. The van der Waals surface area contributed by atoms with Gasteiger partial charge < -0.3 is 15.1 Å². The number of benzene rings is 1. The van der Waals surface area contributed by atoms with E-state index in [0.29, 0.717) is 24.2 Å². The fourth-order valence-electron chi connectivity index (χ4n) is 5.77. The molecule has 2 heterocycles. The number of hydrogen-bond donors (Lipinski definition) is 4. The first kappa shape index (κ1) is 28.3. The second-order valence-electron chi connectivity index (χ2n) is 10.5. The summed E-state index contributed by atoms with van der Waals surface area (Å²) in [4.78, 5) is 40.2. The standard InChI is InChI=1S/C26H29F2N5O5S/c1-5-32-23(36)19-21(35)20(34)15(22(30)39-18(29)8-13-6-7-14(27)9-17(13)28)11-33(19)31(4)26(32)10-16(24(37)38)25(2,3)12-26/h6-7,9,11,16,29-30,35H,5,8,10,12H2,1-4H3,(H,37,38). The van der Waals surface area contributed by atoms with Crippen LogP contribution in [0.5, 0.6) is 5.75 Å². The third-order valence-electron chi connectivity index (χ3n) is 7.70. The van der Waals surface area contributed by atoms with E-state index >= 15 is 0 Å². The molecule has 13 heteroatoms. The van der Waals surface area contributed by atoms with Crippen molar-refractivity contribution in [2.24, 2.45) is 11.3 Å². The third kappa shape index (κ3) is 4.58. The number of amides is 1. The average Bonchev–Trinajstić information content (AvgIpc) is 3.13. The summed E-state index contributed by atoms with van der Waals surface area (Å²) in [6.07, 6.45) is 1.38. The monoisotopic (exact) mass is 561 g/mol. The highest BCUT2D eigenvalue weighted by molar-refractivity contribution is 8.26. The summed E-state index contributed by atoms with van der Waals surface area (Å²) in [5, 5.41) is 38.4. The Morgan fingerprint density at radius 1 is 1.23 bits per heavy atom. The highest BCUT2D eigenvalue weighted by atomic mass is 32.2. The number of halogens is 2. The number of carbonyl (C=O) groups is 2. The molecule has 2 unspecified atom stereocenters. The Balaban J connectivity index is 1.72. The molecule has 1 saturated carbocycles. The summed E-state index contributed by atoms with van der Waals surface area (Å²) < 4.78 is 28.5. The molecule has 2 atom stereocenters. The Kier molecular flexibility index (Phi) is 7.09. The van der Waals surface area contributed by atoms with E-state index in [0.717, 1.165) is 6.07 Å². The largest absolute Gasteiger partial charge is 0.502 e. The van der Waals surface area contributed by atoms with Crippen molar-refractivity contribution in [1.82, 2.24) is 9.58 Å². The van der Waals surface area contributed by atoms with E-state index in [1.165, 1.54) is 21.8 Å². The molecule has 0 saturated heterocycles. The lowest BCUT2D eigenvalue weighted by atomic mass is 9.82. The van der Waals surface area contributed by atoms with Gasteiger partial charge in [0.2, 0.25) is 5.43 Å². The molecule has 39 heavy (non-hydrogen) atoms. The molecule has 0 bridgehead atoms. The van der Waals surface area contributed by atoms with Crippen molar-refractivity contribution < 1.29 is 28.6 Å². The number of rotatable bonds is 5. The van der Waals surface area contributed by atoms with E-state index < -0.39 is 56.7 Å². The van der Waals surface area contributed by atoms with Crippen LogP contribution < -0.4 is 10.4 Å². The van der Waals surface area contributed by atoms with Gasteiger partial charge in [-0.05, 0) is 30.4 Å². The van der Waals surface area contributed by atoms with Crippen LogP contribution in [0.25, 0.3) is 0 Å². The van der Waals surface area contributed by atoms with Gasteiger partial charge in [0.15, 0.2) is 11.4 Å². The topological polar surface area (TPSA) is 151 Å².